The predicted octanol–water partition coefficient (Wildman–Crippen LogP) is 4.11. The molecule has 0 aliphatic heterocycles. The average molecular weight is 490 g/mol. The molecule has 0 spiro atoms. The molecule has 0 aromatic heterocycles. The predicted molar refractivity (Wildman–Crippen MR) is 136 cm³/mol. The van der Waals surface area contributed by atoms with E-state index in [4.69, 9.17) is 14.2 Å². The van der Waals surface area contributed by atoms with Crippen LogP contribution in [0.3, 0.4) is 0 Å². The summed E-state index contributed by atoms with van der Waals surface area (Å²) in [5.41, 5.74) is 2.34. The molecule has 0 saturated heterocycles. The Hall–Kier alpha value is -4.72. The Bertz CT molecular complexity index is 1260. The molecule has 3 rings (SSSR count). The van der Waals surface area contributed by atoms with E-state index < -0.39 is 5.97 Å². The Balaban J connectivity index is 1.55. The highest BCUT2D eigenvalue weighted by molar-refractivity contribution is 5.92. The highest BCUT2D eigenvalue weighted by Gasteiger charge is 2.09. The fraction of sp³-hybridized carbons (Fsp3) is 0.143. The lowest BCUT2D eigenvalue weighted by Crippen LogP contribution is -2.23. The lowest BCUT2D eigenvalue weighted by Gasteiger charge is -2.09. The minimum Gasteiger partial charge on any atom is -0.508 e. The molecule has 0 heterocycles. The van der Waals surface area contributed by atoms with E-state index in [0.717, 1.165) is 5.56 Å². The van der Waals surface area contributed by atoms with Crippen molar-refractivity contribution < 1.29 is 34.0 Å². The second kappa shape index (κ2) is 12.7. The first-order valence-electron chi connectivity index (χ1n) is 11.1. The number of rotatable bonds is 10. The van der Waals surface area contributed by atoms with E-state index in [-0.39, 0.29) is 23.2 Å². The molecule has 0 radical (unpaired) electrons. The highest BCUT2D eigenvalue weighted by atomic mass is 16.6. The van der Waals surface area contributed by atoms with Gasteiger partial charge in [0.05, 0.1) is 14.2 Å². The molecular formula is C28H27NO7. The first kappa shape index (κ1) is 25.9. The summed E-state index contributed by atoms with van der Waals surface area (Å²) in [5, 5.41) is 21.8. The number of esters is 1. The quantitative estimate of drug-likeness (QED) is 0.223. The highest BCUT2D eigenvalue weighted by Crippen LogP contribution is 2.29. The molecule has 8 heteroatoms. The van der Waals surface area contributed by atoms with Crippen molar-refractivity contribution >= 4 is 24.0 Å². The Kier molecular flexibility index (Phi) is 9.11. The van der Waals surface area contributed by atoms with Crippen molar-refractivity contribution in [2.75, 3.05) is 20.8 Å². The molecule has 0 saturated carbocycles. The van der Waals surface area contributed by atoms with Crippen molar-refractivity contribution in [1.82, 2.24) is 5.32 Å². The van der Waals surface area contributed by atoms with Gasteiger partial charge in [-0.15, -0.1) is 0 Å². The van der Waals surface area contributed by atoms with Gasteiger partial charge in [-0.25, -0.2) is 4.79 Å². The van der Waals surface area contributed by atoms with Gasteiger partial charge in [-0.3, -0.25) is 4.79 Å². The fourth-order valence-corrected chi connectivity index (χ4v) is 3.20. The summed E-state index contributed by atoms with van der Waals surface area (Å²) < 4.78 is 15.7. The van der Waals surface area contributed by atoms with Crippen LogP contribution in [-0.2, 0) is 16.0 Å². The molecule has 0 aliphatic rings. The normalized spacial score (nSPS) is 10.9. The lowest BCUT2D eigenvalue weighted by molar-refractivity contribution is -0.129. The number of hydrogen-bond donors (Lipinski definition) is 3. The van der Waals surface area contributed by atoms with Crippen LogP contribution in [0.15, 0.2) is 72.8 Å². The van der Waals surface area contributed by atoms with Crippen molar-refractivity contribution in [1.29, 1.82) is 0 Å². The third-order valence-electron chi connectivity index (χ3n) is 5.09. The monoisotopic (exact) mass is 489 g/mol. The maximum atomic E-state index is 12.3. The van der Waals surface area contributed by atoms with E-state index >= 15 is 0 Å². The number of hydrogen-bond acceptors (Lipinski definition) is 7. The van der Waals surface area contributed by atoms with Gasteiger partial charge in [-0.05, 0) is 71.7 Å². The number of phenols is 2. The molecular weight excluding hydrogens is 462 g/mol. The third kappa shape index (κ3) is 7.66. The second-order valence-electron chi connectivity index (χ2n) is 7.64. The molecule has 0 atom stereocenters. The topological polar surface area (TPSA) is 114 Å². The maximum absolute atomic E-state index is 12.3. The molecule has 186 valence electrons. The van der Waals surface area contributed by atoms with Gasteiger partial charge in [0.15, 0.2) is 23.0 Å². The molecule has 0 fully saturated rings. The van der Waals surface area contributed by atoms with Crippen LogP contribution in [0.25, 0.3) is 12.2 Å². The van der Waals surface area contributed by atoms with E-state index in [1.807, 2.05) is 0 Å². The van der Waals surface area contributed by atoms with Gasteiger partial charge in [0.1, 0.15) is 5.75 Å². The summed E-state index contributed by atoms with van der Waals surface area (Å²) >= 11 is 0. The minimum atomic E-state index is -0.614. The molecule has 3 N–H and O–H groups in total. The van der Waals surface area contributed by atoms with Crippen molar-refractivity contribution in [3.05, 3.63) is 89.5 Å². The molecule has 0 unspecified atom stereocenters. The zero-order chi connectivity index (χ0) is 25.9. The van der Waals surface area contributed by atoms with E-state index in [1.54, 1.807) is 60.7 Å². The summed E-state index contributed by atoms with van der Waals surface area (Å²) in [4.78, 5) is 24.4. The number of phenolic OH excluding ortho intramolecular Hbond substituents is 2. The number of carbonyl (C=O) groups is 2. The molecule has 3 aromatic carbocycles. The Morgan fingerprint density at radius 2 is 1.44 bits per heavy atom. The van der Waals surface area contributed by atoms with E-state index in [2.05, 4.69) is 5.32 Å². The molecule has 0 aliphatic carbocycles. The standard InChI is InChI=1S/C28H27NO7/c1-34-25-17-20(5-11-23(25)31)8-14-28(33)36-24-12-6-21(18-26(24)35-2)7-13-27(32)29-16-15-19-3-9-22(30)10-4-19/h3-14,17-18,30-31H,15-16H2,1-2H3,(H,29,32)/b13-7-,14-8+. The van der Waals surface area contributed by atoms with Crippen LogP contribution in [0.5, 0.6) is 28.7 Å². The average Bonchev–Trinajstić information content (AvgIpc) is 2.88. The molecule has 8 nitrogen and oxygen atoms in total. The summed E-state index contributed by atoms with van der Waals surface area (Å²) in [6.07, 6.45) is 6.46. The Morgan fingerprint density at radius 1 is 0.806 bits per heavy atom. The lowest BCUT2D eigenvalue weighted by atomic mass is 10.1. The molecule has 36 heavy (non-hydrogen) atoms. The van der Waals surface area contributed by atoms with Crippen LogP contribution in [0.4, 0.5) is 0 Å². The number of nitrogens with one attached hydrogen (secondary N) is 1. The van der Waals surface area contributed by atoms with Gasteiger partial charge < -0.3 is 29.7 Å². The van der Waals surface area contributed by atoms with Gasteiger partial charge in [0.2, 0.25) is 5.91 Å². The molecule has 1 amide bonds. The van der Waals surface area contributed by atoms with Gasteiger partial charge in [0, 0.05) is 18.7 Å². The molecule has 3 aromatic rings. The van der Waals surface area contributed by atoms with Crippen LogP contribution >= 0.6 is 0 Å². The Morgan fingerprint density at radius 3 is 2.14 bits per heavy atom. The first-order valence-corrected chi connectivity index (χ1v) is 11.1. The second-order valence-corrected chi connectivity index (χ2v) is 7.64. The van der Waals surface area contributed by atoms with Crippen molar-refractivity contribution in [3.8, 4) is 28.7 Å². The number of carbonyl (C=O) groups excluding carboxylic acids is 2. The third-order valence-corrected chi connectivity index (χ3v) is 5.09. The van der Waals surface area contributed by atoms with Crippen molar-refractivity contribution in [2.45, 2.75) is 6.42 Å². The molecule has 0 bridgehead atoms. The summed E-state index contributed by atoms with van der Waals surface area (Å²) in [6.45, 7) is 0.455. The number of aromatic hydroxyl groups is 2. The van der Waals surface area contributed by atoms with Crippen LogP contribution in [0.2, 0.25) is 0 Å². The van der Waals surface area contributed by atoms with Crippen LogP contribution < -0.4 is 19.5 Å². The number of benzene rings is 3. The SMILES string of the molecule is COc1cc(/C=C/C(=O)Oc2ccc(/C=C\C(=O)NCCc3ccc(O)cc3)cc2OC)ccc1O. The van der Waals surface area contributed by atoms with Crippen molar-refractivity contribution in [3.63, 3.8) is 0 Å². The zero-order valence-corrected chi connectivity index (χ0v) is 19.9. The number of amides is 1. The maximum Gasteiger partial charge on any atom is 0.336 e. The van der Waals surface area contributed by atoms with Gasteiger partial charge in [0.25, 0.3) is 0 Å². The zero-order valence-electron chi connectivity index (χ0n) is 19.9. The Labute approximate surface area is 209 Å². The van der Waals surface area contributed by atoms with E-state index in [9.17, 15) is 19.8 Å². The van der Waals surface area contributed by atoms with Gasteiger partial charge >= 0.3 is 5.97 Å². The fourth-order valence-electron chi connectivity index (χ4n) is 3.20. The van der Waals surface area contributed by atoms with Gasteiger partial charge in [-0.1, -0.05) is 24.3 Å². The van der Waals surface area contributed by atoms with Crippen LogP contribution in [-0.4, -0.2) is 42.9 Å². The van der Waals surface area contributed by atoms with Gasteiger partial charge in [-0.2, -0.15) is 0 Å². The minimum absolute atomic E-state index is 0.00247. The van der Waals surface area contributed by atoms with E-state index in [1.165, 1.54) is 38.5 Å². The first-order chi connectivity index (χ1) is 17.4. The largest absolute Gasteiger partial charge is 0.508 e. The number of ether oxygens (including phenoxy) is 3. The van der Waals surface area contributed by atoms with Crippen LogP contribution in [0, 0.1) is 0 Å². The number of methoxy groups -OCH3 is 2. The summed E-state index contributed by atoms with van der Waals surface area (Å²) in [7, 11) is 2.89. The van der Waals surface area contributed by atoms with Crippen LogP contribution in [0.1, 0.15) is 16.7 Å². The summed E-state index contributed by atoms with van der Waals surface area (Å²) in [5.74, 6) is 0.192. The van der Waals surface area contributed by atoms with Crippen molar-refractivity contribution in [2.24, 2.45) is 0 Å². The van der Waals surface area contributed by atoms with E-state index in [0.29, 0.717) is 35.6 Å². The summed E-state index contributed by atoms with van der Waals surface area (Å²) in [6, 6.07) is 16.4. The smallest absolute Gasteiger partial charge is 0.336 e.